The summed E-state index contributed by atoms with van der Waals surface area (Å²) in [5, 5.41) is 24.1. The Balaban J connectivity index is 1.12. The molecule has 59 heavy (non-hydrogen) atoms. The van der Waals surface area contributed by atoms with Crippen LogP contribution in [0.15, 0.2) is 125 Å². The Kier molecular flexibility index (Phi) is 14.3. The highest BCUT2D eigenvalue weighted by molar-refractivity contribution is 7.99. The van der Waals surface area contributed by atoms with Gasteiger partial charge in [-0.15, -0.1) is 11.8 Å². The highest BCUT2D eigenvalue weighted by atomic mass is 35.5. The average molecular weight is 858 g/mol. The number of thioether (sulfide) groups is 1. The number of sulfonamides is 1. The molecule has 1 saturated heterocycles. The van der Waals surface area contributed by atoms with Gasteiger partial charge in [0.15, 0.2) is 0 Å². The number of anilines is 2. The molecule has 308 valence electrons. The molecule has 0 saturated carbocycles. The summed E-state index contributed by atoms with van der Waals surface area (Å²) >= 11 is 7.63. The Hall–Kier alpha value is -5.45. The number of benzene rings is 5. The first-order chi connectivity index (χ1) is 28.3. The zero-order chi connectivity index (χ0) is 42.1. The van der Waals surface area contributed by atoms with Crippen LogP contribution in [0.3, 0.4) is 0 Å². The van der Waals surface area contributed by atoms with E-state index in [0.29, 0.717) is 23.7 Å². The van der Waals surface area contributed by atoms with Gasteiger partial charge in [-0.25, -0.2) is 23.1 Å². The van der Waals surface area contributed by atoms with E-state index in [-0.39, 0.29) is 11.3 Å². The van der Waals surface area contributed by atoms with Gasteiger partial charge in [-0.05, 0) is 98.3 Å². The van der Waals surface area contributed by atoms with Crippen molar-refractivity contribution >= 4 is 62.3 Å². The minimum absolute atomic E-state index is 0.0546. The van der Waals surface area contributed by atoms with Crippen LogP contribution >= 0.6 is 23.4 Å². The lowest BCUT2D eigenvalue weighted by molar-refractivity contribution is -0.729. The Morgan fingerprint density at radius 2 is 1.56 bits per heavy atom. The van der Waals surface area contributed by atoms with Crippen molar-refractivity contribution < 1.29 is 33.2 Å². The largest absolute Gasteiger partial charge is 0.478 e. The predicted molar refractivity (Wildman–Crippen MR) is 232 cm³/mol. The molecule has 1 aliphatic rings. The molecular formula is C43H46ClN6O7S2+. The molecule has 1 amide bonds. The molecule has 1 heterocycles. The van der Waals surface area contributed by atoms with Crippen LogP contribution in [-0.4, -0.2) is 104 Å². The summed E-state index contributed by atoms with van der Waals surface area (Å²) in [5.74, 6) is -2.03. The highest BCUT2D eigenvalue weighted by Gasteiger charge is 2.32. The van der Waals surface area contributed by atoms with Crippen molar-refractivity contribution in [2.45, 2.75) is 28.8 Å². The van der Waals surface area contributed by atoms with Gasteiger partial charge >= 0.3 is 11.7 Å². The van der Waals surface area contributed by atoms with E-state index in [1.54, 1.807) is 12.1 Å². The number of halogens is 1. The van der Waals surface area contributed by atoms with Crippen LogP contribution in [0.4, 0.5) is 17.1 Å². The van der Waals surface area contributed by atoms with E-state index in [1.165, 1.54) is 29.5 Å². The maximum Gasteiger partial charge on any atom is 0.341 e. The summed E-state index contributed by atoms with van der Waals surface area (Å²) in [7, 11) is -0.942. The number of carbonyl (C=O) groups is 2. The predicted octanol–water partition coefficient (Wildman–Crippen LogP) is 7.47. The number of amides is 1. The van der Waals surface area contributed by atoms with Gasteiger partial charge in [-0.3, -0.25) is 9.69 Å². The van der Waals surface area contributed by atoms with Crippen molar-refractivity contribution in [1.29, 1.82) is 0 Å². The third-order valence-corrected chi connectivity index (χ3v) is 12.7. The zero-order valence-electron chi connectivity index (χ0n) is 32.6. The molecule has 1 fully saturated rings. The SMILES string of the molecule is CN(C)CC[C@H](CSc1ccccc1)Nc1c(C(=O)O)cc(S(=O)(=O)NC(=O)c2ccc(N3CCN(Cc4ccccc4-c4ccc(Cl)cc4)CC3)cc2)cc1[N+](=O)O. The molecule has 0 unspecified atom stereocenters. The van der Waals surface area contributed by atoms with E-state index in [1.807, 2.05) is 90.4 Å². The van der Waals surface area contributed by atoms with Crippen molar-refractivity contribution in [3.8, 4) is 11.1 Å². The van der Waals surface area contributed by atoms with Gasteiger partial charge in [0.1, 0.15) is 5.69 Å². The maximum absolute atomic E-state index is 13.6. The third-order valence-electron chi connectivity index (χ3n) is 9.97. The minimum atomic E-state index is -4.72. The third kappa shape index (κ3) is 11.4. The molecule has 5 aromatic rings. The lowest BCUT2D eigenvalue weighted by Crippen LogP contribution is -2.46. The van der Waals surface area contributed by atoms with Crippen molar-refractivity contribution in [3.63, 3.8) is 0 Å². The fourth-order valence-electron chi connectivity index (χ4n) is 6.79. The average Bonchev–Trinajstić information content (AvgIpc) is 3.22. The van der Waals surface area contributed by atoms with Crippen LogP contribution in [0.25, 0.3) is 11.1 Å². The van der Waals surface area contributed by atoms with Crippen LogP contribution < -0.4 is 14.9 Å². The Morgan fingerprint density at radius 1 is 0.898 bits per heavy atom. The number of nitrogens with one attached hydrogen (secondary N) is 2. The summed E-state index contributed by atoms with van der Waals surface area (Å²) in [6.07, 6.45) is 0.529. The normalized spacial score (nSPS) is 13.9. The van der Waals surface area contributed by atoms with E-state index in [4.69, 9.17) is 11.6 Å². The molecule has 0 aromatic heterocycles. The van der Waals surface area contributed by atoms with Crippen LogP contribution in [0.5, 0.6) is 0 Å². The van der Waals surface area contributed by atoms with Crippen LogP contribution in [0, 0.1) is 4.91 Å². The van der Waals surface area contributed by atoms with E-state index in [0.717, 1.165) is 66.6 Å². The highest BCUT2D eigenvalue weighted by Crippen LogP contribution is 2.34. The first-order valence-electron chi connectivity index (χ1n) is 18.9. The molecule has 6 rings (SSSR count). The number of rotatable bonds is 17. The topological polar surface area (TPSA) is 163 Å². The van der Waals surface area contributed by atoms with E-state index < -0.39 is 49.0 Å². The second kappa shape index (κ2) is 19.5. The molecule has 0 spiro atoms. The molecule has 0 aliphatic carbocycles. The lowest BCUT2D eigenvalue weighted by Gasteiger charge is -2.36. The fourth-order valence-corrected chi connectivity index (χ4v) is 8.93. The standard InChI is InChI=1S/C43H45ClN6O7S2/c1-47(2)21-20-34(29-58-36-9-4-3-5-10-36)45-41-39(43(52)53)26-37(27-40(41)50(54)55)59(56,57)46-42(51)31-14-18-35(19-15-31)49-24-22-48(23-25-49)28-32-8-6-7-11-38(32)30-12-16-33(44)17-13-30/h3-19,26-27,34,45H,20-25,28-29H2,1-2H3,(H2-,46,51,52,53,54,55)/p+1/t34-/m1/s1. The van der Waals surface area contributed by atoms with E-state index >= 15 is 0 Å². The number of carboxylic acids is 1. The second-order valence-electron chi connectivity index (χ2n) is 14.4. The van der Waals surface area contributed by atoms with E-state index in [9.17, 15) is 33.2 Å². The number of carbonyl (C=O) groups excluding carboxylic acids is 1. The molecule has 5 aromatic carbocycles. The monoisotopic (exact) mass is 857 g/mol. The molecule has 4 N–H and O–H groups in total. The van der Waals surface area contributed by atoms with Gasteiger partial charge in [-0.2, -0.15) is 0 Å². The minimum Gasteiger partial charge on any atom is -0.478 e. The van der Waals surface area contributed by atoms with Crippen molar-refractivity contribution in [2.75, 3.05) is 62.8 Å². The van der Waals surface area contributed by atoms with Gasteiger partial charge in [0.05, 0.1) is 15.4 Å². The summed E-state index contributed by atoms with van der Waals surface area (Å²) in [6.45, 7) is 4.50. The first kappa shape index (κ1) is 43.1. The summed E-state index contributed by atoms with van der Waals surface area (Å²) < 4.78 is 29.1. The number of hydrogen-bond acceptors (Lipinski definition) is 10. The second-order valence-corrected chi connectivity index (χ2v) is 17.6. The Morgan fingerprint density at radius 3 is 2.20 bits per heavy atom. The van der Waals surface area contributed by atoms with E-state index in [2.05, 4.69) is 27.2 Å². The number of hydrogen-bond donors (Lipinski definition) is 4. The molecule has 1 aliphatic heterocycles. The molecule has 0 radical (unpaired) electrons. The Labute approximate surface area is 353 Å². The smallest absolute Gasteiger partial charge is 0.341 e. The molecule has 16 heteroatoms. The van der Waals surface area contributed by atoms with Crippen LogP contribution in [-0.2, 0) is 16.6 Å². The number of aromatic carboxylic acids is 1. The lowest BCUT2D eigenvalue weighted by atomic mass is 9.99. The van der Waals surface area contributed by atoms with Gasteiger partial charge < -0.3 is 20.2 Å². The van der Waals surface area contributed by atoms with Crippen molar-refractivity contribution in [2.24, 2.45) is 0 Å². The molecular weight excluding hydrogens is 812 g/mol. The number of carboxylic acid groups (broad SMARTS) is 1. The van der Waals surface area contributed by atoms with Crippen LogP contribution in [0.2, 0.25) is 5.02 Å². The van der Waals surface area contributed by atoms with Crippen molar-refractivity contribution in [3.05, 3.63) is 142 Å². The maximum atomic E-state index is 13.6. The van der Waals surface area contributed by atoms with Crippen LogP contribution in [0.1, 0.15) is 32.7 Å². The molecule has 13 nitrogen and oxygen atoms in total. The molecule has 1 atom stereocenters. The number of piperazine rings is 1. The quantitative estimate of drug-likeness (QED) is 0.0540. The van der Waals surface area contributed by atoms with Gasteiger partial charge in [0.25, 0.3) is 20.9 Å². The van der Waals surface area contributed by atoms with Gasteiger partial charge in [0, 0.05) is 71.8 Å². The van der Waals surface area contributed by atoms with Gasteiger partial charge in [-0.1, -0.05) is 66.2 Å². The van der Waals surface area contributed by atoms with Crippen molar-refractivity contribution in [1.82, 2.24) is 14.5 Å². The number of nitrogens with zero attached hydrogens (tertiary/aromatic N) is 4. The molecule has 0 bridgehead atoms. The van der Waals surface area contributed by atoms with Gasteiger partial charge in [0.2, 0.25) is 0 Å². The Bertz CT molecular complexity index is 2340. The summed E-state index contributed by atoms with van der Waals surface area (Å²) in [5.41, 5.74) is 2.96. The summed E-state index contributed by atoms with van der Waals surface area (Å²) in [6, 6.07) is 33.5. The summed E-state index contributed by atoms with van der Waals surface area (Å²) in [4.78, 5) is 44.5. The zero-order valence-corrected chi connectivity index (χ0v) is 35.0. The first-order valence-corrected chi connectivity index (χ1v) is 21.8. The fraction of sp³-hybridized carbons (Fsp3) is 0.256.